The molecule has 1 heterocycles. The Hall–Kier alpha value is -5.91. The van der Waals surface area contributed by atoms with E-state index in [1.165, 1.54) is 4.90 Å². The van der Waals surface area contributed by atoms with Gasteiger partial charge in [0, 0.05) is 54.8 Å². The van der Waals surface area contributed by atoms with Gasteiger partial charge in [-0.15, -0.1) is 11.8 Å². The lowest BCUT2D eigenvalue weighted by Gasteiger charge is -2.41. The van der Waals surface area contributed by atoms with Crippen LogP contribution >= 0.6 is 11.8 Å². The summed E-state index contributed by atoms with van der Waals surface area (Å²) < 4.78 is 62.9. The molecule has 17 nitrogen and oxygen atoms in total. The molecule has 1 aromatic heterocycles. The summed E-state index contributed by atoms with van der Waals surface area (Å²) in [6.45, 7) is 4.74. The van der Waals surface area contributed by atoms with Gasteiger partial charge in [-0.3, -0.25) is 28.8 Å². The van der Waals surface area contributed by atoms with Gasteiger partial charge in [0.25, 0.3) is 0 Å². The quantitative estimate of drug-likeness (QED) is 0.0501. The van der Waals surface area contributed by atoms with Crippen LogP contribution in [0.5, 0.6) is 0 Å². The predicted octanol–water partition coefficient (Wildman–Crippen LogP) is 3.31. The van der Waals surface area contributed by atoms with Gasteiger partial charge in [0.05, 0.1) is 30.3 Å². The number of carbonyl (C=O) groups excluding carboxylic acids is 4. The van der Waals surface area contributed by atoms with Crippen LogP contribution in [0.4, 0.5) is 22.0 Å². The van der Waals surface area contributed by atoms with E-state index < -0.39 is 108 Å². The first-order valence-electron chi connectivity index (χ1n) is 19.8. The molecule has 0 aliphatic carbocycles. The highest BCUT2D eigenvalue weighted by Gasteiger charge is 2.39. The summed E-state index contributed by atoms with van der Waals surface area (Å²) in [5.41, 5.74) is 12.9. The molecule has 0 bridgehead atoms. The van der Waals surface area contributed by atoms with E-state index >= 15 is 4.39 Å². The smallest absolute Gasteiger partial charge is 0.481 e. The fourth-order valence-electron chi connectivity index (χ4n) is 6.20. The van der Waals surface area contributed by atoms with Crippen LogP contribution in [-0.2, 0) is 40.1 Å². The lowest BCUT2D eigenvalue weighted by Crippen LogP contribution is -2.47. The number of rotatable bonds is 23. The fraction of sp³-hybridized carbons (Fsp3) is 0.452. The summed E-state index contributed by atoms with van der Waals surface area (Å²) >= 11 is 0.756. The molecule has 0 fully saturated rings. The number of ketones is 1. The number of benzene rings is 2. The number of nitrogens with zero attached hydrogens (tertiary/aromatic N) is 2. The highest BCUT2D eigenvalue weighted by atomic mass is 32.2. The zero-order valence-corrected chi connectivity index (χ0v) is 36.5. The first-order valence-corrected chi connectivity index (χ1v) is 20.9. The van der Waals surface area contributed by atoms with E-state index in [2.05, 4.69) is 10.6 Å². The third kappa shape index (κ3) is 18.6. The largest absolute Gasteiger partial charge is 0.490 e. The van der Waals surface area contributed by atoms with E-state index in [1.54, 1.807) is 12.3 Å². The average Bonchev–Trinajstić information content (AvgIpc) is 3.63. The molecule has 3 rings (SSSR count). The molecular formula is C42H53F5N6O11S. The second kappa shape index (κ2) is 25.5. The number of aromatic nitrogens is 1. The SMILES string of the molecule is CC(C)(C)[C@H](c1cc(-c2cc(F)ccc2F)cn1Cc1ccccc1)N(CC[C@H](N)C(=O)NCCCC(=O)CNC(=O)C(CC(=O)O)SC[C@H](N)C(=O)O)C(=O)CO.O=C(O)C(F)(F)F. The number of alkyl halides is 3. The number of nitrogens with two attached hydrogens (primary N) is 2. The molecule has 4 atom stereocenters. The molecule has 0 spiro atoms. The third-order valence-corrected chi connectivity index (χ3v) is 10.7. The number of amides is 3. The van der Waals surface area contributed by atoms with Gasteiger partial charge < -0.3 is 52.0 Å². The van der Waals surface area contributed by atoms with E-state index in [-0.39, 0.29) is 43.7 Å². The third-order valence-electron chi connectivity index (χ3n) is 9.33. The first kappa shape index (κ1) is 55.2. The van der Waals surface area contributed by atoms with E-state index in [0.29, 0.717) is 17.8 Å². The molecule has 0 aliphatic rings. The number of carboxylic acids is 3. The summed E-state index contributed by atoms with van der Waals surface area (Å²) in [5.74, 6) is -9.19. The number of carboxylic acid groups (broad SMARTS) is 3. The normalized spacial score (nSPS) is 13.3. The molecule has 65 heavy (non-hydrogen) atoms. The molecule has 1 unspecified atom stereocenters. The Morgan fingerprint density at radius 3 is 2.06 bits per heavy atom. The van der Waals surface area contributed by atoms with Crippen molar-refractivity contribution in [1.82, 2.24) is 20.1 Å². The highest BCUT2D eigenvalue weighted by Crippen LogP contribution is 2.41. The number of hydrogen-bond acceptors (Lipinski definition) is 11. The molecule has 2 aromatic carbocycles. The number of halogens is 5. The number of Topliss-reactive ketones (excluding diaryl/α,β-unsaturated/α-hetero) is 1. The molecule has 3 aromatic rings. The molecule has 0 saturated heterocycles. The number of aliphatic hydroxyl groups is 1. The molecule has 0 saturated carbocycles. The van der Waals surface area contributed by atoms with Gasteiger partial charge in [-0.1, -0.05) is 51.1 Å². The van der Waals surface area contributed by atoms with Gasteiger partial charge in [0.15, 0.2) is 5.78 Å². The van der Waals surface area contributed by atoms with E-state index in [9.17, 15) is 51.4 Å². The van der Waals surface area contributed by atoms with Gasteiger partial charge >= 0.3 is 24.1 Å². The van der Waals surface area contributed by atoms with Crippen molar-refractivity contribution >= 4 is 53.2 Å². The topological polar surface area (TPSA) is 285 Å². The molecule has 23 heteroatoms. The Balaban J connectivity index is 0.00000191. The minimum atomic E-state index is -5.08. The van der Waals surface area contributed by atoms with Crippen LogP contribution in [-0.4, -0.2) is 127 Å². The number of aliphatic carboxylic acids is 3. The van der Waals surface area contributed by atoms with Crippen molar-refractivity contribution in [3.63, 3.8) is 0 Å². The van der Waals surface area contributed by atoms with Gasteiger partial charge in [-0.25, -0.2) is 13.6 Å². The van der Waals surface area contributed by atoms with Crippen LogP contribution in [0.1, 0.15) is 63.8 Å². The van der Waals surface area contributed by atoms with Crippen molar-refractivity contribution in [1.29, 1.82) is 0 Å². The number of aliphatic hydroxyl groups excluding tert-OH is 1. The molecule has 10 N–H and O–H groups in total. The minimum absolute atomic E-state index is 0.0211. The van der Waals surface area contributed by atoms with Crippen LogP contribution in [0.3, 0.4) is 0 Å². The molecule has 3 amide bonds. The van der Waals surface area contributed by atoms with Crippen molar-refractivity contribution in [2.45, 2.75) is 82.6 Å². The minimum Gasteiger partial charge on any atom is -0.481 e. The van der Waals surface area contributed by atoms with Crippen LogP contribution in [0.15, 0.2) is 60.8 Å². The Kier molecular flexibility index (Phi) is 21.7. The molecule has 358 valence electrons. The number of hydrogen-bond donors (Lipinski definition) is 8. The van der Waals surface area contributed by atoms with Gasteiger partial charge in [-0.2, -0.15) is 13.2 Å². The molecular weight excluding hydrogens is 892 g/mol. The van der Waals surface area contributed by atoms with E-state index in [1.807, 2.05) is 55.7 Å². The van der Waals surface area contributed by atoms with Crippen molar-refractivity contribution in [2.24, 2.45) is 16.9 Å². The molecule has 0 aliphatic heterocycles. The van der Waals surface area contributed by atoms with Gasteiger partial charge in [0.2, 0.25) is 17.7 Å². The second-order valence-electron chi connectivity index (χ2n) is 15.6. The number of nitrogens with one attached hydrogen (secondary N) is 2. The maximum absolute atomic E-state index is 15.0. The number of carbonyl (C=O) groups is 7. The Morgan fingerprint density at radius 1 is 0.877 bits per heavy atom. The van der Waals surface area contributed by atoms with Crippen molar-refractivity contribution in [3.8, 4) is 11.1 Å². The monoisotopic (exact) mass is 944 g/mol. The van der Waals surface area contributed by atoms with E-state index in [4.69, 9.17) is 31.6 Å². The fourth-order valence-corrected chi connectivity index (χ4v) is 7.28. The van der Waals surface area contributed by atoms with Gasteiger partial charge in [-0.05, 0) is 48.1 Å². The Bertz CT molecular complexity index is 2120. The highest BCUT2D eigenvalue weighted by molar-refractivity contribution is 8.00. The zero-order chi connectivity index (χ0) is 49.2. The van der Waals surface area contributed by atoms with Crippen molar-refractivity contribution in [3.05, 3.63) is 83.7 Å². The maximum atomic E-state index is 15.0. The van der Waals surface area contributed by atoms with Crippen molar-refractivity contribution < 1.29 is 75.9 Å². The maximum Gasteiger partial charge on any atom is 0.490 e. The summed E-state index contributed by atoms with van der Waals surface area (Å²) in [6.07, 6.45) is -3.89. The summed E-state index contributed by atoms with van der Waals surface area (Å²) in [7, 11) is 0. The number of thioether (sulfide) groups is 1. The first-order chi connectivity index (χ1) is 30.3. The summed E-state index contributed by atoms with van der Waals surface area (Å²) in [5, 5.41) is 39.1. The molecule has 0 radical (unpaired) electrons. The van der Waals surface area contributed by atoms with Crippen LogP contribution in [0.2, 0.25) is 0 Å². The Labute approximate surface area is 374 Å². The van der Waals surface area contributed by atoms with Gasteiger partial charge in [0.1, 0.15) is 24.3 Å². The predicted molar refractivity (Wildman–Crippen MR) is 227 cm³/mol. The van der Waals surface area contributed by atoms with Crippen molar-refractivity contribution in [2.75, 3.05) is 32.0 Å². The van der Waals surface area contributed by atoms with Crippen LogP contribution in [0.25, 0.3) is 11.1 Å². The van der Waals surface area contributed by atoms with Crippen LogP contribution in [0, 0.1) is 17.0 Å². The summed E-state index contributed by atoms with van der Waals surface area (Å²) in [6, 6.07) is 11.1. The Morgan fingerprint density at radius 2 is 1.51 bits per heavy atom. The standard InChI is InChI=1S/C40H52F2N6O9S.C2HF3O2/c1-40(2,3)36(32-16-25(28-17-26(41)11-12-29(28)42)21-47(32)20-24-8-5-4-6-9-24)48(34(51)22-49)15-13-30(43)37(54)45-14-7-10-27(50)19-46-38(55)33(18-35(52)53)58-23-31(44)39(56)57;3-2(4,5)1(6)7/h4-6,8-9,11-12,16-17,21,30-31,33,36,49H,7,10,13-15,18-20,22-23,43-44H2,1-3H3,(H,45,54)(H,46,55)(H,52,53)(H,56,57);(H,6,7)/t30-,31-,33?,36-;/m0./s1. The average molecular weight is 945 g/mol. The van der Waals surface area contributed by atoms with E-state index in [0.717, 1.165) is 35.5 Å². The second-order valence-corrected chi connectivity index (χ2v) is 16.9. The summed E-state index contributed by atoms with van der Waals surface area (Å²) in [4.78, 5) is 83.8. The zero-order valence-electron chi connectivity index (χ0n) is 35.6. The lowest BCUT2D eigenvalue weighted by molar-refractivity contribution is -0.192. The lowest BCUT2D eigenvalue weighted by atomic mass is 9.82. The van der Waals surface area contributed by atoms with Crippen LogP contribution < -0.4 is 22.1 Å².